The van der Waals surface area contributed by atoms with Gasteiger partial charge in [0.2, 0.25) is 0 Å². The van der Waals surface area contributed by atoms with Crippen LogP contribution in [0.15, 0.2) is 31.2 Å². The molecule has 3 fully saturated rings. The van der Waals surface area contributed by atoms with Crippen LogP contribution in [0.25, 0.3) is 0 Å². The predicted molar refractivity (Wildman–Crippen MR) is 293 cm³/mol. The van der Waals surface area contributed by atoms with Crippen LogP contribution in [-0.2, 0) is 36.5 Å². The van der Waals surface area contributed by atoms with Gasteiger partial charge in [-0.2, -0.15) is 0 Å². The molecule has 7 heteroatoms. The minimum Gasteiger partial charge on any atom is -0.365 e. The van der Waals surface area contributed by atoms with Crippen molar-refractivity contribution in [2.45, 2.75) is 269 Å². The van der Waals surface area contributed by atoms with Gasteiger partial charge in [0.25, 0.3) is 0 Å². The van der Waals surface area contributed by atoms with Crippen LogP contribution in [0.3, 0.4) is 0 Å². The van der Waals surface area contributed by atoms with E-state index in [1.165, 1.54) is 214 Å². The molecule has 2 aliphatic heterocycles. The summed E-state index contributed by atoms with van der Waals surface area (Å²) in [7, 11) is 3.59. The third-order valence-corrected chi connectivity index (χ3v) is 21.1. The Balaban J connectivity index is 1.15. The first-order valence-electron chi connectivity index (χ1n) is 29.9. The van der Waals surface area contributed by atoms with E-state index >= 15 is 0 Å². The van der Waals surface area contributed by atoms with E-state index in [2.05, 4.69) is 45.7 Å². The van der Waals surface area contributed by atoms with Crippen molar-refractivity contribution in [2.75, 3.05) is 27.8 Å². The number of fused-ring (bicyclic) bond motifs is 12. The first-order valence-corrected chi connectivity index (χ1v) is 31.5. The van der Waals surface area contributed by atoms with Crippen molar-refractivity contribution < 1.29 is 23.7 Å². The summed E-state index contributed by atoms with van der Waals surface area (Å²) in [6, 6.07) is 0. The number of allylic oxidation sites excluding steroid dienone is 2. The van der Waals surface area contributed by atoms with Gasteiger partial charge in [0, 0.05) is 46.8 Å². The van der Waals surface area contributed by atoms with Crippen LogP contribution >= 0.6 is 31.9 Å². The van der Waals surface area contributed by atoms with E-state index in [4.69, 9.17) is 23.7 Å². The number of rotatable bonds is 28. The molecule has 1 aromatic carbocycles. The molecular formula is C62H98Br2O5. The Morgan fingerprint density at radius 3 is 1.13 bits per heavy atom. The van der Waals surface area contributed by atoms with E-state index < -0.39 is 0 Å². The van der Waals surface area contributed by atoms with Crippen molar-refractivity contribution in [3.63, 3.8) is 0 Å². The molecule has 1 aromatic rings. The molecule has 69 heavy (non-hydrogen) atoms. The van der Waals surface area contributed by atoms with Crippen molar-refractivity contribution >= 4 is 31.9 Å². The zero-order valence-electron chi connectivity index (χ0n) is 44.4. The van der Waals surface area contributed by atoms with Crippen LogP contribution in [0.4, 0.5) is 0 Å². The lowest BCUT2D eigenvalue weighted by molar-refractivity contribution is -0.0933. The molecule has 0 N–H and O–H groups in total. The van der Waals surface area contributed by atoms with Gasteiger partial charge in [0.1, 0.15) is 13.6 Å². The average molecular weight is 1080 g/mol. The van der Waals surface area contributed by atoms with Crippen LogP contribution in [0.1, 0.15) is 267 Å². The van der Waals surface area contributed by atoms with E-state index in [1.807, 2.05) is 11.1 Å². The van der Waals surface area contributed by atoms with Crippen molar-refractivity contribution in [3.8, 4) is 0 Å². The van der Waals surface area contributed by atoms with Gasteiger partial charge in [-0.05, 0) is 141 Å². The Hall–Kier alpha value is -0.540. The summed E-state index contributed by atoms with van der Waals surface area (Å²) in [5, 5.41) is 0. The largest absolute Gasteiger partial charge is 0.365 e. The van der Waals surface area contributed by atoms with Crippen LogP contribution in [0.5, 0.6) is 0 Å². The second kappa shape index (κ2) is 28.4. The van der Waals surface area contributed by atoms with Crippen molar-refractivity contribution in [1.29, 1.82) is 0 Å². The van der Waals surface area contributed by atoms with E-state index in [0.717, 1.165) is 25.7 Å². The molecule has 0 amide bonds. The standard InChI is InChI=1S/C62H98Br2O5/c1-5-7-9-11-13-15-17-19-21-31-37-47-57-58(48(60(64)59(47)63)38-32-22-20-18-16-14-12-10-8-6-2)62-56-46-36-30-26-24-28-34-44-52(46)51-43(33-27-23-25-29-35-45(51)55(56)61(57)69-62)53-49(67-41-65-3)39-40-50(54(44)53)68-42-66-4/h43-46,49-50,55-56,61-62H,5-42H2,1-4H3/t43-,44+,45-,46+,49?,50?,55+,56-,61-,62+. The minimum atomic E-state index is 0.0953. The smallest absolute Gasteiger partial charge is 0.147 e. The fraction of sp³-hybridized carbons (Fsp3) is 0.839. The molecule has 2 unspecified atom stereocenters. The third kappa shape index (κ3) is 12.8. The van der Waals surface area contributed by atoms with Crippen molar-refractivity contribution in [3.05, 3.63) is 53.5 Å². The summed E-state index contributed by atoms with van der Waals surface area (Å²) >= 11 is 8.75. The molecule has 0 aromatic heterocycles. The number of benzene rings is 1. The maximum atomic E-state index is 7.88. The monoisotopic (exact) mass is 1080 g/mol. The number of ether oxygens (including phenoxy) is 5. The first kappa shape index (κ1) is 54.7. The van der Waals surface area contributed by atoms with E-state index in [-0.39, 0.29) is 24.4 Å². The lowest BCUT2D eigenvalue weighted by Gasteiger charge is -2.55. The summed E-state index contributed by atoms with van der Waals surface area (Å²) in [4.78, 5) is 0. The molecule has 2 heterocycles. The molecule has 2 bridgehead atoms. The molecule has 5 nitrogen and oxygen atoms in total. The number of hydrogen-bond donors (Lipinski definition) is 0. The predicted octanol–water partition coefficient (Wildman–Crippen LogP) is 19.1. The molecule has 390 valence electrons. The summed E-state index contributed by atoms with van der Waals surface area (Å²) in [5.74, 6) is 3.08. The fourth-order valence-electron chi connectivity index (χ4n) is 15.8. The quantitative estimate of drug-likeness (QED) is 0.0475. The zero-order chi connectivity index (χ0) is 48.0. The maximum absolute atomic E-state index is 7.88. The highest BCUT2D eigenvalue weighted by atomic mass is 79.9. The summed E-state index contributed by atoms with van der Waals surface area (Å²) in [5.41, 5.74) is 13.5. The molecular weight excluding hydrogens is 984 g/mol. The molecule has 0 spiro atoms. The number of halogens is 2. The van der Waals surface area contributed by atoms with Gasteiger partial charge in [-0.1, -0.05) is 192 Å². The average Bonchev–Trinajstić information content (AvgIpc) is 3.98. The highest BCUT2D eigenvalue weighted by molar-refractivity contribution is 9.13. The highest BCUT2D eigenvalue weighted by Gasteiger charge is 2.64. The highest BCUT2D eigenvalue weighted by Crippen LogP contribution is 2.72. The Bertz CT molecular complexity index is 1680. The van der Waals surface area contributed by atoms with Crippen LogP contribution < -0.4 is 0 Å². The second-order valence-electron chi connectivity index (χ2n) is 23.2. The van der Waals surface area contributed by atoms with E-state index in [0.29, 0.717) is 49.1 Å². The van der Waals surface area contributed by atoms with Crippen molar-refractivity contribution in [1.82, 2.24) is 0 Å². The number of unbranched alkanes of at least 4 members (excludes halogenated alkanes) is 18. The minimum absolute atomic E-state index is 0.0953. The van der Waals surface area contributed by atoms with Gasteiger partial charge >= 0.3 is 0 Å². The Kier molecular flexibility index (Phi) is 22.5. The van der Waals surface area contributed by atoms with Gasteiger partial charge in [-0.15, -0.1) is 0 Å². The normalized spacial score (nSPS) is 29.7. The van der Waals surface area contributed by atoms with Gasteiger partial charge in [-0.3, -0.25) is 0 Å². The first-order chi connectivity index (χ1) is 34.0. The second-order valence-corrected chi connectivity index (χ2v) is 24.8. The lowest BCUT2D eigenvalue weighted by atomic mass is 9.49. The summed E-state index contributed by atoms with van der Waals surface area (Å²) < 4.78 is 35.6. The summed E-state index contributed by atoms with van der Waals surface area (Å²) in [6.07, 6.45) is 48.1. The third-order valence-electron chi connectivity index (χ3n) is 18.8. The Morgan fingerprint density at radius 1 is 0.420 bits per heavy atom. The Morgan fingerprint density at radius 2 is 0.768 bits per heavy atom. The number of methoxy groups -OCH3 is 2. The van der Waals surface area contributed by atoms with Crippen LogP contribution in [0, 0.1) is 35.5 Å². The maximum Gasteiger partial charge on any atom is 0.147 e. The number of hydrogen-bond acceptors (Lipinski definition) is 5. The molecule has 8 rings (SSSR count). The zero-order valence-corrected chi connectivity index (χ0v) is 47.6. The molecule has 1 saturated heterocycles. The van der Waals surface area contributed by atoms with Gasteiger partial charge < -0.3 is 23.7 Å². The molecule has 2 saturated carbocycles. The molecule has 0 radical (unpaired) electrons. The van der Waals surface area contributed by atoms with E-state index in [1.54, 1.807) is 47.6 Å². The summed E-state index contributed by atoms with van der Waals surface area (Å²) in [6.45, 7) is 5.36. The SMILES string of the molecule is CCCCCCCCCCCCc1c(Br)c(Br)c(CCCCCCCCCCCC)c2c1[C@H]1O[C@@H]2[C@@H]2[C@H]1[C@H]1CCCCCC[C@@H]3C4=C(C(OCOC)CCC4OCOC)[C@@H]4CCCCCC[C@@H]2C4=C31. The molecule has 10 atom stereocenters. The molecule has 7 aliphatic rings. The van der Waals surface area contributed by atoms with Gasteiger partial charge in [0.05, 0.1) is 24.4 Å². The van der Waals surface area contributed by atoms with E-state index in [9.17, 15) is 0 Å². The van der Waals surface area contributed by atoms with Gasteiger partial charge in [-0.25, -0.2) is 0 Å². The lowest BCUT2D eigenvalue weighted by Crippen LogP contribution is -2.48. The fourth-order valence-corrected chi connectivity index (χ4v) is 17.1. The van der Waals surface area contributed by atoms with Crippen LogP contribution in [-0.4, -0.2) is 40.0 Å². The van der Waals surface area contributed by atoms with Gasteiger partial charge in [0.15, 0.2) is 0 Å². The Labute approximate surface area is 439 Å². The van der Waals surface area contributed by atoms with Crippen molar-refractivity contribution in [2.24, 2.45) is 35.5 Å². The van der Waals surface area contributed by atoms with Crippen LogP contribution in [0.2, 0.25) is 0 Å². The molecule has 5 aliphatic carbocycles. The topological polar surface area (TPSA) is 46.2 Å².